The zero-order valence-electron chi connectivity index (χ0n) is 62.1. The van der Waals surface area contributed by atoms with Gasteiger partial charge in [-0.3, -0.25) is 0 Å². The monoisotopic (exact) mass is 1290 g/mol. The molecule has 0 bridgehead atoms. The molecule has 0 aliphatic heterocycles. The van der Waals surface area contributed by atoms with Crippen molar-refractivity contribution in [2.24, 2.45) is 57.2 Å². The van der Waals surface area contributed by atoms with Crippen molar-refractivity contribution in [2.75, 3.05) is 13.2 Å². The van der Waals surface area contributed by atoms with Gasteiger partial charge >= 0.3 is 19.7 Å². The lowest BCUT2D eigenvalue weighted by Gasteiger charge is -2.37. The average Bonchev–Trinajstić information content (AvgIpc) is 1.22. The molecule has 0 saturated heterocycles. The van der Waals surface area contributed by atoms with Gasteiger partial charge in [-0.15, -0.1) is 0 Å². The van der Waals surface area contributed by atoms with Crippen LogP contribution in [-0.4, -0.2) is 25.2 Å². The Balaban J connectivity index is 1.94. The first-order valence-electron chi connectivity index (χ1n) is 38.2. The first kappa shape index (κ1) is 83.8. The summed E-state index contributed by atoms with van der Waals surface area (Å²) in [5.74, 6) is 2.40. The van der Waals surface area contributed by atoms with E-state index in [1.54, 1.807) is 24.3 Å². The number of halogens is 1. The predicted molar refractivity (Wildman–Crippen MR) is 394 cm³/mol. The Morgan fingerprint density at radius 2 is 0.589 bits per heavy atom. The summed E-state index contributed by atoms with van der Waals surface area (Å²) in [5.41, 5.74) is 0.939. The van der Waals surface area contributed by atoms with Gasteiger partial charge in [-0.05, 0) is 131 Å². The molecule has 0 radical (unpaired) electrons. The molecule has 0 saturated carbocycles. The van der Waals surface area contributed by atoms with E-state index in [9.17, 15) is 9.59 Å². The van der Waals surface area contributed by atoms with Crippen LogP contribution in [0.1, 0.15) is 388 Å². The van der Waals surface area contributed by atoms with Gasteiger partial charge < -0.3 is 18.5 Å². The van der Waals surface area contributed by atoms with E-state index in [0.29, 0.717) is 48.0 Å². The minimum atomic E-state index is -2.13. The third-order valence-electron chi connectivity index (χ3n) is 20.7. The third-order valence-corrected chi connectivity index (χ3v) is 21.8. The first-order valence-corrected chi connectivity index (χ1v) is 40.3. The summed E-state index contributed by atoms with van der Waals surface area (Å²) in [5, 5.41) is 0. The Labute approximate surface area is 565 Å². The third kappa shape index (κ3) is 38.9. The van der Waals surface area contributed by atoms with Crippen LogP contribution in [-0.2, 0) is 9.47 Å². The van der Waals surface area contributed by atoms with Crippen molar-refractivity contribution in [3.8, 4) is 11.5 Å². The second-order valence-electron chi connectivity index (χ2n) is 32.5. The molecule has 0 spiro atoms. The topological polar surface area (TPSA) is 71.1 Å². The predicted octanol–water partition coefficient (Wildman–Crippen LogP) is 28.5. The van der Waals surface area contributed by atoms with Gasteiger partial charge in [0.05, 0.1) is 13.2 Å². The molecule has 2 aromatic rings. The molecule has 0 heterocycles. The van der Waals surface area contributed by atoms with E-state index in [2.05, 4.69) is 111 Å². The zero-order chi connectivity index (χ0) is 66.7. The SMILES string of the molecule is CCCCCCCCCCCCCCCCCCC(CC(CC)CC(COC(=O)c1ccccc1OP(Cl)Oc1ccccc1C(=O)OCC(CC(CC)CC(CCCCCCCCCCCCCCCCCC)C(C)(C)C)C(C)(C)C)C(C)(C)C)C(C)(C)C. The highest BCUT2D eigenvalue weighted by atomic mass is 35.7. The number of carbonyl (C=O) groups excluding carboxylic acids is 2. The van der Waals surface area contributed by atoms with Crippen LogP contribution in [0.25, 0.3) is 0 Å². The van der Waals surface area contributed by atoms with Crippen LogP contribution >= 0.6 is 19.0 Å². The Hall–Kier alpha value is -2.30. The van der Waals surface area contributed by atoms with Crippen molar-refractivity contribution in [1.29, 1.82) is 0 Å². The van der Waals surface area contributed by atoms with Crippen LogP contribution in [0.5, 0.6) is 11.5 Å². The summed E-state index contributed by atoms with van der Waals surface area (Å²) in [6, 6.07) is 14.1. The van der Waals surface area contributed by atoms with E-state index < -0.39 is 19.7 Å². The molecule has 0 fully saturated rings. The maximum Gasteiger partial charge on any atom is 0.401 e. The largest absolute Gasteiger partial charge is 0.462 e. The maximum absolute atomic E-state index is 14.1. The van der Waals surface area contributed by atoms with Gasteiger partial charge in [0.25, 0.3) is 0 Å². The van der Waals surface area contributed by atoms with Crippen molar-refractivity contribution in [3.63, 3.8) is 0 Å². The molecular formula is C82H146ClO6P. The van der Waals surface area contributed by atoms with Crippen LogP contribution in [0.3, 0.4) is 0 Å². The molecule has 6 unspecified atom stereocenters. The number of esters is 2. The van der Waals surface area contributed by atoms with Crippen molar-refractivity contribution in [3.05, 3.63) is 59.7 Å². The van der Waals surface area contributed by atoms with E-state index in [0.717, 1.165) is 25.7 Å². The smallest absolute Gasteiger partial charge is 0.401 e. The van der Waals surface area contributed by atoms with E-state index in [-0.39, 0.29) is 45.0 Å². The fourth-order valence-corrected chi connectivity index (χ4v) is 14.7. The molecule has 6 atom stereocenters. The quantitative estimate of drug-likeness (QED) is 0.0373. The lowest BCUT2D eigenvalue weighted by Crippen LogP contribution is -2.30. The number of benzene rings is 2. The number of carbonyl (C=O) groups is 2. The molecule has 0 aromatic heterocycles. The van der Waals surface area contributed by atoms with E-state index in [1.807, 2.05) is 24.3 Å². The summed E-state index contributed by atoms with van der Waals surface area (Å²) in [4.78, 5) is 28.1. The van der Waals surface area contributed by atoms with Crippen molar-refractivity contribution < 1.29 is 28.1 Å². The van der Waals surface area contributed by atoms with E-state index in [4.69, 9.17) is 29.8 Å². The number of unbranched alkanes of at least 4 members (excludes halogenated alkanes) is 30. The summed E-state index contributed by atoms with van der Waals surface area (Å²) in [6.45, 7) is 38.1. The van der Waals surface area contributed by atoms with E-state index in [1.165, 1.54) is 231 Å². The van der Waals surface area contributed by atoms with Gasteiger partial charge in [0, 0.05) is 0 Å². The number of rotatable bonds is 54. The molecule has 0 amide bonds. The van der Waals surface area contributed by atoms with Crippen molar-refractivity contribution in [1.82, 2.24) is 0 Å². The Bertz CT molecular complexity index is 1930. The molecule has 522 valence electrons. The Morgan fingerprint density at radius 1 is 0.356 bits per heavy atom. The molecular weight excluding hydrogens is 1150 g/mol. The average molecular weight is 1290 g/mol. The summed E-state index contributed by atoms with van der Waals surface area (Å²) in [6.07, 6.45) is 53.9. The molecule has 2 aromatic carbocycles. The minimum absolute atomic E-state index is 0.0618. The van der Waals surface area contributed by atoms with Crippen LogP contribution in [0.2, 0.25) is 0 Å². The minimum Gasteiger partial charge on any atom is -0.462 e. The van der Waals surface area contributed by atoms with Crippen molar-refractivity contribution in [2.45, 2.75) is 368 Å². The number of para-hydroxylation sites is 2. The molecule has 8 heteroatoms. The Morgan fingerprint density at radius 3 is 0.833 bits per heavy atom. The van der Waals surface area contributed by atoms with Gasteiger partial charge in [0.15, 0.2) is 0 Å². The lowest BCUT2D eigenvalue weighted by atomic mass is 9.69. The maximum atomic E-state index is 14.1. The first-order chi connectivity index (χ1) is 42.8. The number of hydrogen-bond donors (Lipinski definition) is 0. The Kier molecular flexibility index (Phi) is 45.1. The molecule has 6 nitrogen and oxygen atoms in total. The molecule has 0 N–H and O–H groups in total. The molecule has 2 rings (SSSR count). The van der Waals surface area contributed by atoms with Crippen molar-refractivity contribution >= 4 is 30.9 Å². The second-order valence-corrected chi connectivity index (χ2v) is 34.1. The summed E-state index contributed by atoms with van der Waals surface area (Å²) in [7, 11) is -2.13. The lowest BCUT2D eigenvalue weighted by molar-refractivity contribution is 0.0253. The second kappa shape index (κ2) is 48.4. The highest BCUT2D eigenvalue weighted by molar-refractivity contribution is 7.76. The molecule has 90 heavy (non-hydrogen) atoms. The van der Waals surface area contributed by atoms with E-state index >= 15 is 0 Å². The van der Waals surface area contributed by atoms with Gasteiger partial charge in [-0.1, -0.05) is 353 Å². The van der Waals surface area contributed by atoms with Gasteiger partial charge in [0.1, 0.15) is 22.6 Å². The summed E-state index contributed by atoms with van der Waals surface area (Å²) < 4.78 is 24.9. The summed E-state index contributed by atoms with van der Waals surface area (Å²) >= 11 is 6.89. The van der Waals surface area contributed by atoms with Crippen LogP contribution in [0.4, 0.5) is 0 Å². The van der Waals surface area contributed by atoms with Crippen LogP contribution < -0.4 is 9.05 Å². The fraction of sp³-hybridized carbons (Fsp3) is 0.829. The molecule has 0 aliphatic carbocycles. The highest BCUT2D eigenvalue weighted by Crippen LogP contribution is 2.48. The van der Waals surface area contributed by atoms with Crippen LogP contribution in [0, 0.1) is 57.2 Å². The van der Waals surface area contributed by atoms with Crippen LogP contribution in [0.15, 0.2) is 48.5 Å². The van der Waals surface area contributed by atoms with Gasteiger partial charge in [0.2, 0.25) is 0 Å². The number of ether oxygens (including phenoxy) is 2. The van der Waals surface area contributed by atoms with Gasteiger partial charge in [-0.2, -0.15) is 0 Å². The standard InChI is InChI=1S/C82H146ClO6P/c1-17-21-23-25-27-29-31-33-35-37-39-41-43-45-47-49-55-69(79(5,6)7)61-67(19-3)63-71(81(11,12)13)65-86-77(84)73-57-51-53-59-75(73)88-90(83)89-76-60-54-52-58-74(76)78(85)87-66-72(82(14,15)16)64-68(20-4)62-70(80(8,9)10)56-50-48-46-44-42-40-38-36-34-32-30-28-26-24-22-18-2/h51-54,57-60,67-72H,17-50,55-56,61-66H2,1-16H3. The highest BCUT2D eigenvalue weighted by Gasteiger charge is 2.35. The normalized spacial score (nSPS) is 14.8. The zero-order valence-corrected chi connectivity index (χ0v) is 63.7. The number of hydrogen-bond acceptors (Lipinski definition) is 6. The van der Waals surface area contributed by atoms with Gasteiger partial charge in [-0.25, -0.2) is 9.59 Å². The fourth-order valence-electron chi connectivity index (χ4n) is 13.6. The molecule has 0 aliphatic rings.